The second-order valence-corrected chi connectivity index (χ2v) is 5.27. The molecule has 2 aromatic rings. The number of allylic oxidation sites excluding steroid dienone is 2. The Hall–Kier alpha value is -2.58. The second-order valence-electron chi connectivity index (χ2n) is 4.02. The molecule has 0 aliphatic rings. The quantitative estimate of drug-likeness (QED) is 0.662. The van der Waals surface area contributed by atoms with Crippen molar-refractivity contribution >= 4 is 41.0 Å². The number of hydrogen-bond donors (Lipinski definition) is 1. The first-order valence-electron chi connectivity index (χ1n) is 5.87. The molecule has 0 unspecified atom stereocenters. The Morgan fingerprint density at radius 3 is 2.43 bits per heavy atom. The van der Waals surface area contributed by atoms with Gasteiger partial charge >= 0.3 is 0 Å². The van der Waals surface area contributed by atoms with E-state index in [1.165, 1.54) is 29.3 Å². The van der Waals surface area contributed by atoms with Gasteiger partial charge in [-0.05, 0) is 12.1 Å². The Morgan fingerprint density at radius 2 is 1.87 bits per heavy atom. The van der Waals surface area contributed by atoms with Crippen LogP contribution < -0.4 is 5.73 Å². The smallest absolute Gasteiger partial charge is 0.174 e. The third-order valence-corrected chi connectivity index (χ3v) is 3.29. The van der Waals surface area contributed by atoms with Gasteiger partial charge in [0.1, 0.15) is 29.2 Å². The lowest BCUT2D eigenvalue weighted by molar-refractivity contribution is 0.751. The lowest BCUT2D eigenvalue weighted by Gasteiger charge is -2.05. The lowest BCUT2D eigenvalue weighted by Crippen LogP contribution is -2.01. The third kappa shape index (κ3) is 3.79. The maximum absolute atomic E-state index is 8.85. The van der Waals surface area contributed by atoms with Gasteiger partial charge in [0.25, 0.3) is 0 Å². The maximum Gasteiger partial charge on any atom is 0.174 e. The van der Waals surface area contributed by atoms with Crippen molar-refractivity contribution in [3.05, 3.63) is 50.5 Å². The number of rotatable bonds is 3. The van der Waals surface area contributed by atoms with Crippen molar-refractivity contribution in [1.82, 2.24) is 15.0 Å². The summed E-state index contributed by atoms with van der Waals surface area (Å²) in [4.78, 5) is 4.99. The Bertz CT molecular complexity index is 876. The van der Waals surface area contributed by atoms with Crippen LogP contribution in [0.5, 0.6) is 0 Å². The van der Waals surface area contributed by atoms with Gasteiger partial charge in [0.15, 0.2) is 5.70 Å². The van der Waals surface area contributed by atoms with Crippen LogP contribution in [0.3, 0.4) is 0 Å². The van der Waals surface area contributed by atoms with Crippen LogP contribution in [0.4, 0.5) is 0 Å². The molecule has 0 spiro atoms. The lowest BCUT2D eigenvalue weighted by atomic mass is 10.3. The van der Waals surface area contributed by atoms with E-state index in [1.807, 2.05) is 0 Å². The summed E-state index contributed by atoms with van der Waals surface area (Å²) in [6.45, 7) is 0. The SMILES string of the molecule is N#CC(N)=C(C#N)N=Cc1cnn(-c2c(Cl)cc(Cl)cc2Cl)n1. The zero-order chi connectivity index (χ0) is 17.0. The number of aromatic nitrogens is 3. The minimum absolute atomic E-state index is 0.218. The molecule has 0 aliphatic heterocycles. The Morgan fingerprint density at radius 1 is 1.22 bits per heavy atom. The second kappa shape index (κ2) is 7.12. The molecular weight excluding hydrogens is 361 g/mol. The van der Waals surface area contributed by atoms with Crippen molar-refractivity contribution in [2.24, 2.45) is 10.7 Å². The van der Waals surface area contributed by atoms with E-state index in [2.05, 4.69) is 15.2 Å². The third-order valence-electron chi connectivity index (χ3n) is 2.50. The highest BCUT2D eigenvalue weighted by molar-refractivity contribution is 6.40. The number of nitrogens with two attached hydrogens (primary N) is 1. The Labute approximate surface area is 145 Å². The minimum Gasteiger partial charge on any atom is -0.388 e. The molecule has 0 saturated carbocycles. The van der Waals surface area contributed by atoms with E-state index in [1.54, 1.807) is 12.1 Å². The summed E-state index contributed by atoms with van der Waals surface area (Å²) < 4.78 is 0. The fraction of sp³-hybridized carbons (Fsp3) is 0. The average molecular weight is 367 g/mol. The topological polar surface area (TPSA) is 117 Å². The van der Waals surface area contributed by atoms with E-state index in [0.29, 0.717) is 16.4 Å². The summed E-state index contributed by atoms with van der Waals surface area (Å²) in [5, 5.41) is 26.5. The van der Waals surface area contributed by atoms with Gasteiger partial charge in [-0.25, -0.2) is 4.99 Å². The van der Waals surface area contributed by atoms with Crippen LogP contribution in [0.15, 0.2) is 34.7 Å². The highest BCUT2D eigenvalue weighted by Gasteiger charge is 2.12. The van der Waals surface area contributed by atoms with Gasteiger partial charge in [0.05, 0.1) is 22.5 Å². The summed E-state index contributed by atoms with van der Waals surface area (Å²) in [5.41, 5.74) is 5.49. The number of benzene rings is 1. The molecule has 7 nitrogen and oxygen atoms in total. The van der Waals surface area contributed by atoms with E-state index >= 15 is 0 Å². The predicted octanol–water partition coefficient (Wildman–Crippen LogP) is 2.86. The highest BCUT2D eigenvalue weighted by Crippen LogP contribution is 2.31. The molecule has 0 fully saturated rings. The van der Waals surface area contributed by atoms with Crippen molar-refractivity contribution in [1.29, 1.82) is 10.5 Å². The molecule has 0 radical (unpaired) electrons. The maximum atomic E-state index is 8.85. The molecule has 0 aliphatic carbocycles. The van der Waals surface area contributed by atoms with Crippen molar-refractivity contribution in [3.8, 4) is 17.8 Å². The molecule has 114 valence electrons. The number of aliphatic imine (C=N–C) groups is 1. The first kappa shape index (κ1) is 16.8. The van der Waals surface area contributed by atoms with Crippen molar-refractivity contribution in [3.63, 3.8) is 0 Å². The van der Waals surface area contributed by atoms with Crippen LogP contribution in [0.2, 0.25) is 15.1 Å². The van der Waals surface area contributed by atoms with Crippen LogP contribution in [0.25, 0.3) is 5.69 Å². The van der Waals surface area contributed by atoms with Gasteiger partial charge in [0.2, 0.25) is 0 Å². The number of hydrogen-bond acceptors (Lipinski definition) is 6. The molecule has 2 rings (SSSR count). The van der Waals surface area contributed by atoms with Crippen molar-refractivity contribution in [2.45, 2.75) is 0 Å². The molecule has 10 heteroatoms. The molecular formula is C13H6Cl3N7. The molecule has 23 heavy (non-hydrogen) atoms. The first-order valence-corrected chi connectivity index (χ1v) is 7.01. The number of nitriles is 2. The molecule has 0 bridgehead atoms. The Kier molecular flexibility index (Phi) is 5.20. The van der Waals surface area contributed by atoms with Crippen molar-refractivity contribution < 1.29 is 0 Å². The van der Waals surface area contributed by atoms with E-state index < -0.39 is 0 Å². The van der Waals surface area contributed by atoms with Gasteiger partial charge in [-0.3, -0.25) is 0 Å². The van der Waals surface area contributed by atoms with Crippen LogP contribution in [0.1, 0.15) is 5.69 Å². The Balaban J connectivity index is 2.37. The van der Waals surface area contributed by atoms with E-state index in [-0.39, 0.29) is 21.4 Å². The van der Waals surface area contributed by atoms with Gasteiger partial charge in [-0.2, -0.15) is 15.6 Å². The molecule has 0 saturated heterocycles. The van der Waals surface area contributed by atoms with Gasteiger partial charge < -0.3 is 5.73 Å². The molecule has 0 atom stereocenters. The van der Waals surface area contributed by atoms with E-state index in [9.17, 15) is 0 Å². The summed E-state index contributed by atoms with van der Waals surface area (Å²) in [5.74, 6) is 0. The fourth-order valence-electron chi connectivity index (χ4n) is 1.51. The molecule has 1 aromatic carbocycles. The van der Waals surface area contributed by atoms with E-state index in [4.69, 9.17) is 51.1 Å². The highest BCUT2D eigenvalue weighted by atomic mass is 35.5. The summed E-state index contributed by atoms with van der Waals surface area (Å²) in [6.07, 6.45) is 2.62. The van der Waals surface area contributed by atoms with Gasteiger partial charge in [-0.15, -0.1) is 9.90 Å². The van der Waals surface area contributed by atoms with Crippen LogP contribution in [-0.4, -0.2) is 21.2 Å². The standard InChI is InChI=1S/C13H6Cl3N7/c14-7-1-9(15)13(10(16)2-7)23-21-6-8(22-23)5-20-12(4-18)11(19)3-17/h1-2,5-6H,19H2. The van der Waals surface area contributed by atoms with Gasteiger partial charge in [-0.1, -0.05) is 34.8 Å². The molecule has 1 heterocycles. The fourth-order valence-corrected chi connectivity index (χ4v) is 2.48. The monoisotopic (exact) mass is 365 g/mol. The zero-order valence-corrected chi connectivity index (χ0v) is 13.5. The van der Waals surface area contributed by atoms with Crippen LogP contribution in [0, 0.1) is 22.7 Å². The molecule has 2 N–H and O–H groups in total. The van der Waals surface area contributed by atoms with Crippen LogP contribution in [-0.2, 0) is 0 Å². The number of nitrogens with zero attached hydrogens (tertiary/aromatic N) is 6. The average Bonchev–Trinajstić information content (AvgIpc) is 2.95. The summed E-state index contributed by atoms with van der Waals surface area (Å²) in [7, 11) is 0. The van der Waals surface area contributed by atoms with Crippen molar-refractivity contribution in [2.75, 3.05) is 0 Å². The summed E-state index contributed by atoms with van der Waals surface area (Å²) in [6, 6.07) is 6.36. The van der Waals surface area contributed by atoms with Crippen LogP contribution >= 0.6 is 34.8 Å². The predicted molar refractivity (Wildman–Crippen MR) is 86.4 cm³/mol. The zero-order valence-electron chi connectivity index (χ0n) is 11.2. The molecule has 0 amide bonds. The normalized spacial score (nSPS) is 11.9. The van der Waals surface area contributed by atoms with E-state index in [0.717, 1.165) is 0 Å². The van der Waals surface area contributed by atoms with Gasteiger partial charge in [0, 0.05) is 5.02 Å². The molecule has 1 aromatic heterocycles. The largest absolute Gasteiger partial charge is 0.388 e. The first-order chi connectivity index (χ1) is 11.0. The minimum atomic E-state index is -0.292. The number of halogens is 3. The summed E-state index contributed by atoms with van der Waals surface area (Å²) >= 11 is 18.0.